The lowest BCUT2D eigenvalue weighted by atomic mass is 10.0. The van der Waals surface area contributed by atoms with Gasteiger partial charge in [0, 0.05) is 12.1 Å². The molecule has 4 nitrogen and oxygen atoms in total. The largest absolute Gasteiger partial charge is 0.508 e. The molecule has 0 saturated carbocycles. The summed E-state index contributed by atoms with van der Waals surface area (Å²) in [4.78, 5) is 12.9. The van der Waals surface area contributed by atoms with E-state index in [1.165, 1.54) is 0 Å². The van der Waals surface area contributed by atoms with Crippen molar-refractivity contribution in [2.24, 2.45) is 0 Å². The van der Waals surface area contributed by atoms with E-state index in [1.807, 2.05) is 32.9 Å². The zero-order chi connectivity index (χ0) is 13.7. The molecule has 1 aromatic rings. The van der Waals surface area contributed by atoms with Crippen LogP contribution in [-0.4, -0.2) is 33.7 Å². The van der Waals surface area contributed by atoms with Crippen LogP contribution in [-0.2, 0) is 4.79 Å². The molecule has 0 aromatic heterocycles. The van der Waals surface area contributed by atoms with Crippen LogP contribution in [0.3, 0.4) is 0 Å². The number of benzene rings is 1. The zero-order valence-electron chi connectivity index (χ0n) is 11.1. The highest BCUT2D eigenvalue weighted by molar-refractivity contribution is 5.67. The van der Waals surface area contributed by atoms with Crippen molar-refractivity contribution in [3.8, 4) is 5.75 Å². The summed E-state index contributed by atoms with van der Waals surface area (Å²) in [5, 5.41) is 18.1. The van der Waals surface area contributed by atoms with Crippen LogP contribution in [0.4, 0.5) is 0 Å². The first-order valence-electron chi connectivity index (χ1n) is 6.22. The number of aromatic hydroxyl groups is 1. The van der Waals surface area contributed by atoms with E-state index in [9.17, 15) is 9.90 Å². The molecular formula is C14H21NO3. The number of rotatable bonds is 6. The SMILES string of the molecule is CCN(C(C)CC(=O)O)C(C)c1ccc(O)cc1. The van der Waals surface area contributed by atoms with Crippen molar-refractivity contribution in [1.82, 2.24) is 4.90 Å². The Balaban J connectivity index is 2.81. The molecule has 0 heterocycles. The molecule has 0 aliphatic heterocycles. The molecule has 0 aliphatic carbocycles. The Bertz CT molecular complexity index is 389. The van der Waals surface area contributed by atoms with Gasteiger partial charge in [-0.2, -0.15) is 0 Å². The zero-order valence-corrected chi connectivity index (χ0v) is 11.1. The second kappa shape index (κ2) is 6.40. The van der Waals surface area contributed by atoms with Gasteiger partial charge < -0.3 is 10.2 Å². The second-order valence-electron chi connectivity index (χ2n) is 4.54. The highest BCUT2D eigenvalue weighted by Crippen LogP contribution is 2.24. The minimum Gasteiger partial charge on any atom is -0.508 e. The van der Waals surface area contributed by atoms with E-state index in [0.29, 0.717) is 0 Å². The van der Waals surface area contributed by atoms with Gasteiger partial charge in [0.15, 0.2) is 0 Å². The average molecular weight is 251 g/mol. The third-order valence-corrected chi connectivity index (χ3v) is 3.27. The van der Waals surface area contributed by atoms with Gasteiger partial charge in [0.2, 0.25) is 0 Å². The minimum absolute atomic E-state index is 0.0173. The maximum Gasteiger partial charge on any atom is 0.304 e. The molecular weight excluding hydrogens is 230 g/mol. The van der Waals surface area contributed by atoms with Crippen molar-refractivity contribution in [1.29, 1.82) is 0 Å². The highest BCUT2D eigenvalue weighted by Gasteiger charge is 2.21. The molecule has 2 unspecified atom stereocenters. The van der Waals surface area contributed by atoms with Gasteiger partial charge in [0.1, 0.15) is 5.75 Å². The molecule has 1 aromatic carbocycles. The Morgan fingerprint density at radius 3 is 2.28 bits per heavy atom. The number of carboxylic acids is 1. The summed E-state index contributed by atoms with van der Waals surface area (Å²) in [5.74, 6) is -0.536. The molecule has 18 heavy (non-hydrogen) atoms. The van der Waals surface area contributed by atoms with Crippen molar-refractivity contribution in [2.45, 2.75) is 39.3 Å². The van der Waals surface area contributed by atoms with Crippen molar-refractivity contribution in [2.75, 3.05) is 6.54 Å². The number of hydrogen-bond acceptors (Lipinski definition) is 3. The van der Waals surface area contributed by atoms with E-state index in [2.05, 4.69) is 4.90 Å². The van der Waals surface area contributed by atoms with Gasteiger partial charge in [-0.25, -0.2) is 0 Å². The third-order valence-electron chi connectivity index (χ3n) is 3.27. The van der Waals surface area contributed by atoms with Gasteiger partial charge in [-0.05, 0) is 38.1 Å². The Labute approximate surface area is 108 Å². The molecule has 0 radical (unpaired) electrons. The number of hydrogen-bond donors (Lipinski definition) is 2. The Kier molecular flexibility index (Phi) is 5.16. The standard InChI is InChI=1S/C14H21NO3/c1-4-15(10(2)9-14(17)18)11(3)12-5-7-13(16)8-6-12/h5-8,10-11,16H,4,9H2,1-3H3,(H,17,18). The fourth-order valence-corrected chi connectivity index (χ4v) is 2.28. The summed E-state index contributed by atoms with van der Waals surface area (Å²) in [7, 11) is 0. The smallest absolute Gasteiger partial charge is 0.304 e. The van der Waals surface area contributed by atoms with Crippen LogP contribution in [0, 0.1) is 0 Å². The van der Waals surface area contributed by atoms with Crippen molar-refractivity contribution in [3.63, 3.8) is 0 Å². The fraction of sp³-hybridized carbons (Fsp3) is 0.500. The van der Waals surface area contributed by atoms with Crippen molar-refractivity contribution < 1.29 is 15.0 Å². The molecule has 0 spiro atoms. The molecule has 4 heteroatoms. The van der Waals surface area contributed by atoms with Crippen LogP contribution in [0.5, 0.6) is 5.75 Å². The van der Waals surface area contributed by atoms with Crippen LogP contribution in [0.25, 0.3) is 0 Å². The summed E-state index contributed by atoms with van der Waals surface area (Å²) in [6.45, 7) is 6.79. The second-order valence-corrected chi connectivity index (χ2v) is 4.54. The summed E-state index contributed by atoms with van der Waals surface area (Å²) in [6, 6.07) is 7.16. The molecule has 2 N–H and O–H groups in total. The van der Waals surface area contributed by atoms with E-state index < -0.39 is 5.97 Å². The lowest BCUT2D eigenvalue weighted by Crippen LogP contribution is -2.36. The van der Waals surface area contributed by atoms with Crippen LogP contribution in [0.1, 0.15) is 38.8 Å². The third kappa shape index (κ3) is 3.74. The van der Waals surface area contributed by atoms with Gasteiger partial charge in [0.05, 0.1) is 6.42 Å². The van der Waals surface area contributed by atoms with E-state index in [0.717, 1.165) is 12.1 Å². The summed E-state index contributed by atoms with van der Waals surface area (Å²) in [5.41, 5.74) is 1.08. The molecule has 0 aliphatic rings. The predicted molar refractivity (Wildman–Crippen MR) is 70.6 cm³/mol. The van der Waals surface area contributed by atoms with Crippen LogP contribution in [0.15, 0.2) is 24.3 Å². The quantitative estimate of drug-likeness (QED) is 0.816. The Hall–Kier alpha value is -1.55. The number of phenolic OH excluding ortho intramolecular Hbond substituents is 1. The first kappa shape index (κ1) is 14.5. The highest BCUT2D eigenvalue weighted by atomic mass is 16.4. The van der Waals surface area contributed by atoms with Gasteiger partial charge in [-0.1, -0.05) is 19.1 Å². The summed E-state index contributed by atoms with van der Waals surface area (Å²) in [6.07, 6.45) is 0.135. The number of phenols is 1. The monoisotopic (exact) mass is 251 g/mol. The van der Waals surface area contributed by atoms with Gasteiger partial charge in [0.25, 0.3) is 0 Å². The van der Waals surface area contributed by atoms with Crippen LogP contribution in [0.2, 0.25) is 0 Å². The summed E-state index contributed by atoms with van der Waals surface area (Å²) >= 11 is 0. The maximum atomic E-state index is 10.8. The minimum atomic E-state index is -0.779. The van der Waals surface area contributed by atoms with Gasteiger partial charge >= 0.3 is 5.97 Å². The molecule has 0 saturated heterocycles. The van der Waals surface area contributed by atoms with E-state index in [4.69, 9.17) is 5.11 Å². The van der Waals surface area contributed by atoms with Crippen LogP contribution < -0.4 is 0 Å². The molecule has 0 amide bonds. The molecule has 0 fully saturated rings. The lowest BCUT2D eigenvalue weighted by molar-refractivity contribution is -0.138. The molecule has 100 valence electrons. The van der Waals surface area contributed by atoms with Gasteiger partial charge in [-0.3, -0.25) is 9.69 Å². The maximum absolute atomic E-state index is 10.8. The van der Waals surface area contributed by atoms with Crippen molar-refractivity contribution >= 4 is 5.97 Å². The van der Waals surface area contributed by atoms with E-state index in [1.54, 1.807) is 12.1 Å². The number of carbonyl (C=O) groups is 1. The topological polar surface area (TPSA) is 60.8 Å². The first-order chi connectivity index (χ1) is 8.45. The lowest BCUT2D eigenvalue weighted by Gasteiger charge is -2.33. The normalized spacial score (nSPS) is 14.4. The number of nitrogens with zero attached hydrogens (tertiary/aromatic N) is 1. The van der Waals surface area contributed by atoms with Crippen LogP contribution >= 0.6 is 0 Å². The number of aliphatic carboxylic acids is 1. The fourth-order valence-electron chi connectivity index (χ4n) is 2.28. The summed E-state index contributed by atoms with van der Waals surface area (Å²) < 4.78 is 0. The molecule has 2 atom stereocenters. The van der Waals surface area contributed by atoms with Crippen molar-refractivity contribution in [3.05, 3.63) is 29.8 Å². The molecule has 1 rings (SSSR count). The number of carboxylic acid groups (broad SMARTS) is 1. The van der Waals surface area contributed by atoms with E-state index >= 15 is 0 Å². The first-order valence-corrected chi connectivity index (χ1v) is 6.22. The van der Waals surface area contributed by atoms with E-state index in [-0.39, 0.29) is 24.3 Å². The van der Waals surface area contributed by atoms with Gasteiger partial charge in [-0.15, -0.1) is 0 Å². The predicted octanol–water partition coefficient (Wildman–Crippen LogP) is 2.64. The molecule has 0 bridgehead atoms. The Morgan fingerprint density at radius 1 is 1.28 bits per heavy atom. The Morgan fingerprint density at radius 2 is 1.83 bits per heavy atom. The average Bonchev–Trinajstić information content (AvgIpc) is 2.29.